The second-order valence-corrected chi connectivity index (χ2v) is 3.99. The van der Waals surface area contributed by atoms with E-state index in [1.54, 1.807) is 19.1 Å². The first-order chi connectivity index (χ1) is 8.97. The summed E-state index contributed by atoms with van der Waals surface area (Å²) in [5.74, 6) is -0.889. The fourth-order valence-electron chi connectivity index (χ4n) is 1.56. The number of benzene rings is 1. The number of phenols is 1. The van der Waals surface area contributed by atoms with E-state index in [0.717, 1.165) is 5.56 Å². The molecule has 1 heterocycles. The zero-order valence-electron chi connectivity index (χ0n) is 10.0. The van der Waals surface area contributed by atoms with E-state index in [-0.39, 0.29) is 22.9 Å². The normalized spacial score (nSPS) is 10.2. The van der Waals surface area contributed by atoms with Crippen molar-refractivity contribution in [3.05, 3.63) is 51.7 Å². The lowest BCUT2D eigenvalue weighted by atomic mass is 10.2. The van der Waals surface area contributed by atoms with Crippen LogP contribution in [-0.2, 0) is 0 Å². The third-order valence-electron chi connectivity index (χ3n) is 2.51. The van der Waals surface area contributed by atoms with Crippen LogP contribution in [0.15, 0.2) is 30.3 Å². The molecule has 0 radical (unpaired) electrons. The van der Waals surface area contributed by atoms with Crippen LogP contribution in [0.4, 0.5) is 11.5 Å². The topological polar surface area (TPSA) is 108 Å². The van der Waals surface area contributed by atoms with Gasteiger partial charge >= 0.3 is 5.82 Å². The van der Waals surface area contributed by atoms with E-state index < -0.39 is 10.8 Å². The van der Waals surface area contributed by atoms with E-state index in [1.165, 1.54) is 18.2 Å². The standard InChI is InChI=1S/C12H11N3O4/c1-7-2-3-8(10(16)6-7)14-12(17)9-4-5-11(13-9)15(18)19/h2-6,13,16H,1H3,(H,14,17). The Balaban J connectivity index is 2.18. The number of aryl methyl sites for hydroxylation is 1. The number of nitrogens with zero attached hydrogens (tertiary/aromatic N) is 1. The molecular formula is C12H11N3O4. The first-order valence-corrected chi connectivity index (χ1v) is 5.42. The van der Waals surface area contributed by atoms with Gasteiger partial charge in [-0.3, -0.25) is 4.79 Å². The number of hydrogen-bond acceptors (Lipinski definition) is 4. The predicted molar refractivity (Wildman–Crippen MR) is 68.2 cm³/mol. The summed E-state index contributed by atoms with van der Waals surface area (Å²) in [4.78, 5) is 24.0. The Labute approximate surface area is 108 Å². The maximum absolute atomic E-state index is 11.8. The van der Waals surface area contributed by atoms with Crippen LogP contribution in [0.5, 0.6) is 5.75 Å². The highest BCUT2D eigenvalue weighted by atomic mass is 16.6. The Morgan fingerprint density at radius 1 is 1.37 bits per heavy atom. The van der Waals surface area contributed by atoms with Gasteiger partial charge in [0.2, 0.25) is 0 Å². The number of aromatic amines is 1. The van der Waals surface area contributed by atoms with Crippen LogP contribution in [0.2, 0.25) is 0 Å². The molecule has 0 aliphatic heterocycles. The summed E-state index contributed by atoms with van der Waals surface area (Å²) in [5.41, 5.74) is 1.14. The second-order valence-electron chi connectivity index (χ2n) is 3.99. The Kier molecular flexibility index (Phi) is 3.19. The number of anilines is 1. The lowest BCUT2D eigenvalue weighted by Crippen LogP contribution is -2.12. The van der Waals surface area contributed by atoms with Gasteiger partial charge in [-0.05, 0) is 35.6 Å². The summed E-state index contributed by atoms with van der Waals surface area (Å²) in [6.45, 7) is 1.81. The van der Waals surface area contributed by atoms with Crippen molar-refractivity contribution in [1.29, 1.82) is 0 Å². The number of rotatable bonds is 3. The predicted octanol–water partition coefficient (Wildman–Crippen LogP) is 2.19. The van der Waals surface area contributed by atoms with Gasteiger partial charge in [0.15, 0.2) is 5.69 Å². The molecule has 1 aromatic heterocycles. The molecule has 0 saturated heterocycles. The number of hydrogen-bond donors (Lipinski definition) is 3. The van der Waals surface area contributed by atoms with Crippen molar-refractivity contribution < 1.29 is 14.8 Å². The molecule has 0 atom stereocenters. The summed E-state index contributed by atoms with van der Waals surface area (Å²) >= 11 is 0. The molecule has 0 aliphatic carbocycles. The van der Waals surface area contributed by atoms with Crippen molar-refractivity contribution in [2.24, 2.45) is 0 Å². The minimum Gasteiger partial charge on any atom is -0.506 e. The van der Waals surface area contributed by atoms with Crippen molar-refractivity contribution in [3.63, 3.8) is 0 Å². The second kappa shape index (κ2) is 4.81. The van der Waals surface area contributed by atoms with E-state index in [0.29, 0.717) is 0 Å². The number of aromatic nitrogens is 1. The average Bonchev–Trinajstić information content (AvgIpc) is 2.82. The van der Waals surface area contributed by atoms with Crippen molar-refractivity contribution in [2.45, 2.75) is 6.92 Å². The zero-order chi connectivity index (χ0) is 14.0. The Hall–Kier alpha value is -2.83. The number of phenolic OH excluding ortho intramolecular Hbond substituents is 1. The summed E-state index contributed by atoms with van der Waals surface area (Å²) in [6, 6.07) is 7.29. The van der Waals surface area contributed by atoms with Crippen molar-refractivity contribution in [3.8, 4) is 5.75 Å². The van der Waals surface area contributed by atoms with Crippen molar-refractivity contribution in [1.82, 2.24) is 4.98 Å². The van der Waals surface area contributed by atoms with Crippen LogP contribution in [0.1, 0.15) is 16.1 Å². The van der Waals surface area contributed by atoms with Gasteiger partial charge in [0.1, 0.15) is 5.75 Å². The molecule has 0 unspecified atom stereocenters. The number of aromatic hydroxyl groups is 1. The Bertz CT molecular complexity index is 648. The maximum atomic E-state index is 11.8. The van der Waals surface area contributed by atoms with E-state index in [1.807, 2.05) is 0 Å². The first kappa shape index (κ1) is 12.6. The SMILES string of the molecule is Cc1ccc(NC(=O)c2ccc([N+](=O)[O-])[nH]2)c(O)c1. The molecule has 2 rings (SSSR count). The minimum atomic E-state index is -0.625. The van der Waals surface area contributed by atoms with Crippen LogP contribution >= 0.6 is 0 Å². The Morgan fingerprint density at radius 2 is 2.11 bits per heavy atom. The Morgan fingerprint density at radius 3 is 2.68 bits per heavy atom. The van der Waals surface area contributed by atoms with E-state index in [9.17, 15) is 20.0 Å². The molecule has 1 amide bonds. The lowest BCUT2D eigenvalue weighted by Gasteiger charge is -2.05. The molecular weight excluding hydrogens is 250 g/mol. The van der Waals surface area contributed by atoms with Crippen LogP contribution < -0.4 is 5.32 Å². The van der Waals surface area contributed by atoms with E-state index >= 15 is 0 Å². The zero-order valence-corrected chi connectivity index (χ0v) is 10.0. The molecule has 7 nitrogen and oxygen atoms in total. The smallest absolute Gasteiger partial charge is 0.321 e. The number of nitro groups is 1. The van der Waals surface area contributed by atoms with Gasteiger partial charge in [0, 0.05) is 6.07 Å². The molecule has 0 bridgehead atoms. The molecule has 1 aromatic carbocycles. The molecule has 2 aromatic rings. The van der Waals surface area contributed by atoms with E-state index in [2.05, 4.69) is 10.3 Å². The highest BCUT2D eigenvalue weighted by Gasteiger charge is 2.16. The highest BCUT2D eigenvalue weighted by molar-refractivity contribution is 6.04. The number of carbonyl (C=O) groups is 1. The summed E-state index contributed by atoms with van der Waals surface area (Å²) in [6.07, 6.45) is 0. The van der Waals surface area contributed by atoms with Crippen LogP contribution in [0.25, 0.3) is 0 Å². The summed E-state index contributed by atoms with van der Waals surface area (Å²) in [5, 5.41) is 22.6. The molecule has 0 aliphatic rings. The number of carbonyl (C=O) groups excluding carboxylic acids is 1. The third-order valence-corrected chi connectivity index (χ3v) is 2.51. The molecule has 19 heavy (non-hydrogen) atoms. The quantitative estimate of drug-likeness (QED) is 0.447. The molecule has 98 valence electrons. The highest BCUT2D eigenvalue weighted by Crippen LogP contribution is 2.24. The fraction of sp³-hybridized carbons (Fsp3) is 0.0833. The number of nitrogens with one attached hydrogen (secondary N) is 2. The van der Waals surface area contributed by atoms with Crippen LogP contribution in [-0.4, -0.2) is 20.9 Å². The monoisotopic (exact) mass is 261 g/mol. The van der Waals surface area contributed by atoms with Crippen molar-refractivity contribution >= 4 is 17.4 Å². The average molecular weight is 261 g/mol. The van der Waals surface area contributed by atoms with E-state index in [4.69, 9.17) is 0 Å². The molecule has 0 fully saturated rings. The van der Waals surface area contributed by atoms with Crippen molar-refractivity contribution in [2.75, 3.05) is 5.32 Å². The minimum absolute atomic E-state index is 0.0478. The third kappa shape index (κ3) is 2.71. The summed E-state index contributed by atoms with van der Waals surface area (Å²) < 4.78 is 0. The molecule has 0 saturated carbocycles. The van der Waals surface area contributed by atoms with Crippen LogP contribution in [0, 0.1) is 17.0 Å². The number of H-pyrrole nitrogens is 1. The fourth-order valence-corrected chi connectivity index (χ4v) is 1.56. The summed E-state index contributed by atoms with van der Waals surface area (Å²) in [7, 11) is 0. The number of amides is 1. The maximum Gasteiger partial charge on any atom is 0.321 e. The van der Waals surface area contributed by atoms with Gasteiger partial charge in [-0.2, -0.15) is 0 Å². The molecule has 3 N–H and O–H groups in total. The van der Waals surface area contributed by atoms with Gasteiger partial charge in [-0.25, -0.2) is 4.98 Å². The largest absolute Gasteiger partial charge is 0.506 e. The van der Waals surface area contributed by atoms with Gasteiger partial charge in [0.05, 0.1) is 5.69 Å². The molecule has 0 spiro atoms. The van der Waals surface area contributed by atoms with Crippen LogP contribution in [0.3, 0.4) is 0 Å². The van der Waals surface area contributed by atoms with Gasteiger partial charge in [-0.15, -0.1) is 0 Å². The van der Waals surface area contributed by atoms with Gasteiger partial charge in [-0.1, -0.05) is 6.07 Å². The molecule has 7 heteroatoms. The van der Waals surface area contributed by atoms with Gasteiger partial charge in [0.25, 0.3) is 5.91 Å². The first-order valence-electron chi connectivity index (χ1n) is 5.42. The lowest BCUT2D eigenvalue weighted by molar-refractivity contribution is -0.389. The van der Waals surface area contributed by atoms with Gasteiger partial charge < -0.3 is 20.5 Å².